The van der Waals surface area contributed by atoms with Gasteiger partial charge in [-0.25, -0.2) is 17.9 Å². The molecule has 4 rings (SSSR count). The Morgan fingerprint density at radius 1 is 0.892 bits per heavy atom. The van der Waals surface area contributed by atoms with Crippen molar-refractivity contribution in [3.05, 3.63) is 71.8 Å². The molecule has 0 spiro atoms. The summed E-state index contributed by atoms with van der Waals surface area (Å²) in [6.07, 6.45) is 0. The summed E-state index contributed by atoms with van der Waals surface area (Å²) in [4.78, 5) is 28.8. The molecule has 3 aromatic carbocycles. The van der Waals surface area contributed by atoms with Gasteiger partial charge in [0.25, 0.3) is 5.91 Å². The van der Waals surface area contributed by atoms with Gasteiger partial charge in [0.05, 0.1) is 4.90 Å². The molecule has 3 aromatic rings. The topological polar surface area (TPSA) is 98.8 Å². The number of likely N-dealkylation sites (tertiary alicyclic amines) is 1. The molecule has 1 aliphatic heterocycles. The van der Waals surface area contributed by atoms with Crippen molar-refractivity contribution in [2.45, 2.75) is 31.7 Å². The summed E-state index contributed by atoms with van der Waals surface area (Å²) in [5.41, 5.74) is 1.96. The number of amides is 3. The minimum atomic E-state index is -3.89. The summed E-state index contributed by atoms with van der Waals surface area (Å²) in [6, 6.07) is 17.2. The lowest BCUT2D eigenvalue weighted by Gasteiger charge is -2.42. The number of urea groups is 1. The zero-order chi connectivity index (χ0) is 26.9. The van der Waals surface area contributed by atoms with Crippen LogP contribution in [0, 0.1) is 18.8 Å². The second-order valence-corrected chi connectivity index (χ2v) is 11.8. The second kappa shape index (κ2) is 10.5. The van der Waals surface area contributed by atoms with Crippen LogP contribution in [-0.4, -0.2) is 63.4 Å². The third-order valence-electron chi connectivity index (χ3n) is 7.00. The first kappa shape index (κ1) is 26.6. The van der Waals surface area contributed by atoms with Crippen molar-refractivity contribution in [1.29, 1.82) is 0 Å². The van der Waals surface area contributed by atoms with Gasteiger partial charge in [-0.15, -0.1) is 0 Å². The summed E-state index contributed by atoms with van der Waals surface area (Å²) in [5, 5.41) is 4.11. The highest BCUT2D eigenvalue weighted by Gasteiger charge is 2.37. The molecule has 9 heteroatoms. The Morgan fingerprint density at radius 2 is 1.49 bits per heavy atom. The van der Waals surface area contributed by atoms with Crippen LogP contribution in [0.4, 0.5) is 10.5 Å². The van der Waals surface area contributed by atoms with Gasteiger partial charge in [-0.05, 0) is 42.5 Å². The molecule has 1 aliphatic rings. The summed E-state index contributed by atoms with van der Waals surface area (Å²) in [7, 11) is -0.461. The standard InChI is InChI=1S/C28H34N4O4S/c1-18-10-6-7-11-21(18)27(33)29-24-14-15-25(23-13-9-8-12-22(23)24)37(35,36)30-26-19(2)16-32(17-20(26)3)28(34)31(4)5/h6-15,19-20,26,30H,16-17H2,1-5H3,(H,29,33)/t19-,20+,26-. The predicted octanol–water partition coefficient (Wildman–Crippen LogP) is 4.32. The third-order valence-corrected chi connectivity index (χ3v) is 8.52. The lowest BCUT2D eigenvalue weighted by atomic mass is 9.87. The van der Waals surface area contributed by atoms with E-state index in [1.807, 2.05) is 45.0 Å². The van der Waals surface area contributed by atoms with Crippen molar-refractivity contribution in [2.24, 2.45) is 11.8 Å². The fourth-order valence-electron chi connectivity index (χ4n) is 5.10. The fourth-order valence-corrected chi connectivity index (χ4v) is 6.77. The van der Waals surface area contributed by atoms with Crippen molar-refractivity contribution >= 4 is 38.4 Å². The molecule has 0 bridgehead atoms. The normalized spacial score (nSPS) is 20.0. The zero-order valence-corrected chi connectivity index (χ0v) is 22.7. The number of hydrogen-bond acceptors (Lipinski definition) is 4. The molecular formula is C28H34N4O4S. The SMILES string of the molecule is Cc1ccccc1C(=O)Nc1ccc(S(=O)(=O)N[C@@H]2[C@H](C)CN(C(=O)N(C)C)C[C@@H]2C)c2ccccc12. The second-order valence-electron chi connectivity index (χ2n) is 10.1. The van der Waals surface area contributed by atoms with Crippen LogP contribution in [0.1, 0.15) is 29.8 Å². The smallest absolute Gasteiger partial charge is 0.319 e. The Hall–Kier alpha value is -3.43. The van der Waals surface area contributed by atoms with Gasteiger partial charge in [0.1, 0.15) is 0 Å². The molecule has 37 heavy (non-hydrogen) atoms. The van der Waals surface area contributed by atoms with Crippen LogP contribution in [-0.2, 0) is 10.0 Å². The van der Waals surface area contributed by atoms with E-state index in [1.54, 1.807) is 49.3 Å². The highest BCUT2D eigenvalue weighted by molar-refractivity contribution is 7.89. The molecule has 196 valence electrons. The monoisotopic (exact) mass is 522 g/mol. The number of nitrogens with zero attached hydrogens (tertiary/aromatic N) is 2. The first-order valence-corrected chi connectivity index (χ1v) is 13.8. The van der Waals surface area contributed by atoms with Crippen molar-refractivity contribution in [1.82, 2.24) is 14.5 Å². The Balaban J connectivity index is 1.61. The molecule has 3 amide bonds. The molecule has 0 aliphatic carbocycles. The molecule has 0 unspecified atom stereocenters. The van der Waals surface area contributed by atoms with E-state index in [1.165, 1.54) is 11.0 Å². The molecule has 1 saturated heterocycles. The number of piperidine rings is 1. The molecular weight excluding hydrogens is 488 g/mol. The number of hydrogen-bond donors (Lipinski definition) is 2. The Kier molecular flexibility index (Phi) is 7.57. The Labute approximate surface area is 218 Å². The maximum atomic E-state index is 13.6. The van der Waals surface area contributed by atoms with Gasteiger partial charge in [-0.1, -0.05) is 56.3 Å². The van der Waals surface area contributed by atoms with Crippen LogP contribution in [0.15, 0.2) is 65.6 Å². The zero-order valence-electron chi connectivity index (χ0n) is 21.9. The van der Waals surface area contributed by atoms with E-state index in [-0.39, 0.29) is 34.7 Å². The molecule has 0 saturated carbocycles. The maximum Gasteiger partial charge on any atom is 0.319 e. The number of fused-ring (bicyclic) bond motifs is 1. The molecule has 8 nitrogen and oxygen atoms in total. The third kappa shape index (κ3) is 5.47. The van der Waals surface area contributed by atoms with Gasteiger partial charge in [0.15, 0.2) is 0 Å². The van der Waals surface area contributed by atoms with Gasteiger partial charge in [-0.2, -0.15) is 0 Å². The summed E-state index contributed by atoms with van der Waals surface area (Å²) >= 11 is 0. The Bertz CT molecular complexity index is 1430. The molecule has 1 fully saturated rings. The lowest BCUT2D eigenvalue weighted by Crippen LogP contribution is -2.57. The number of benzene rings is 3. The summed E-state index contributed by atoms with van der Waals surface area (Å²) in [6.45, 7) is 6.73. The van der Waals surface area contributed by atoms with Gasteiger partial charge >= 0.3 is 6.03 Å². The molecule has 0 radical (unpaired) electrons. The van der Waals surface area contributed by atoms with E-state index < -0.39 is 10.0 Å². The average molecular weight is 523 g/mol. The van der Waals surface area contributed by atoms with E-state index in [2.05, 4.69) is 10.0 Å². The molecule has 1 heterocycles. The average Bonchev–Trinajstić information content (AvgIpc) is 2.85. The summed E-state index contributed by atoms with van der Waals surface area (Å²) < 4.78 is 30.2. The largest absolute Gasteiger partial charge is 0.331 e. The van der Waals surface area contributed by atoms with E-state index in [0.717, 1.165) is 5.56 Å². The van der Waals surface area contributed by atoms with E-state index >= 15 is 0 Å². The van der Waals surface area contributed by atoms with Crippen LogP contribution < -0.4 is 10.0 Å². The van der Waals surface area contributed by atoms with E-state index in [0.29, 0.717) is 35.1 Å². The van der Waals surface area contributed by atoms with Crippen LogP contribution >= 0.6 is 0 Å². The van der Waals surface area contributed by atoms with Crippen LogP contribution in [0.3, 0.4) is 0 Å². The number of anilines is 1. The number of nitrogens with one attached hydrogen (secondary N) is 2. The highest BCUT2D eigenvalue weighted by atomic mass is 32.2. The minimum Gasteiger partial charge on any atom is -0.331 e. The molecule has 2 N–H and O–H groups in total. The van der Waals surface area contributed by atoms with E-state index in [9.17, 15) is 18.0 Å². The van der Waals surface area contributed by atoms with Gasteiger partial charge in [0.2, 0.25) is 10.0 Å². The lowest BCUT2D eigenvalue weighted by molar-refractivity contribution is 0.102. The number of aryl methyl sites for hydroxylation is 1. The first-order valence-electron chi connectivity index (χ1n) is 12.4. The van der Waals surface area contributed by atoms with Crippen LogP contribution in [0.2, 0.25) is 0 Å². The van der Waals surface area contributed by atoms with Gasteiger partial charge in [0, 0.05) is 55.2 Å². The maximum absolute atomic E-state index is 13.6. The number of rotatable bonds is 5. The minimum absolute atomic E-state index is 0.0682. The van der Waals surface area contributed by atoms with Crippen molar-refractivity contribution in [2.75, 3.05) is 32.5 Å². The highest BCUT2D eigenvalue weighted by Crippen LogP contribution is 2.31. The quantitative estimate of drug-likeness (QED) is 0.522. The Morgan fingerprint density at radius 3 is 2.11 bits per heavy atom. The molecule has 3 atom stereocenters. The summed E-state index contributed by atoms with van der Waals surface area (Å²) in [5.74, 6) is -0.388. The fraction of sp³-hybridized carbons (Fsp3) is 0.357. The van der Waals surface area contributed by atoms with Crippen molar-refractivity contribution < 1.29 is 18.0 Å². The van der Waals surface area contributed by atoms with Crippen LogP contribution in [0.5, 0.6) is 0 Å². The first-order chi connectivity index (χ1) is 17.5. The molecule has 0 aromatic heterocycles. The van der Waals surface area contributed by atoms with Crippen molar-refractivity contribution in [3.8, 4) is 0 Å². The van der Waals surface area contributed by atoms with E-state index in [4.69, 9.17) is 0 Å². The van der Waals surface area contributed by atoms with Crippen molar-refractivity contribution in [3.63, 3.8) is 0 Å². The predicted molar refractivity (Wildman–Crippen MR) is 146 cm³/mol. The van der Waals surface area contributed by atoms with Crippen LogP contribution in [0.25, 0.3) is 10.8 Å². The number of carbonyl (C=O) groups excluding carboxylic acids is 2. The van der Waals surface area contributed by atoms with Gasteiger partial charge < -0.3 is 15.1 Å². The number of carbonyl (C=O) groups is 2. The number of sulfonamides is 1. The van der Waals surface area contributed by atoms with Gasteiger partial charge in [-0.3, -0.25) is 4.79 Å².